The summed E-state index contributed by atoms with van der Waals surface area (Å²) in [5.41, 5.74) is 3.21. The second-order valence-corrected chi connectivity index (χ2v) is 10.4. The third-order valence-electron chi connectivity index (χ3n) is 6.15. The van der Waals surface area contributed by atoms with E-state index in [4.69, 9.17) is 19.3 Å². The van der Waals surface area contributed by atoms with Crippen molar-refractivity contribution in [3.05, 3.63) is 67.1 Å². The average Bonchev–Trinajstić information content (AvgIpc) is 3.65. The number of nitrogens with one attached hydrogen (secondary N) is 1. The van der Waals surface area contributed by atoms with Gasteiger partial charge in [-0.15, -0.1) is 0 Å². The quantitative estimate of drug-likeness (QED) is 0.291. The molecule has 1 atom stereocenters. The summed E-state index contributed by atoms with van der Waals surface area (Å²) in [6.45, 7) is 7.23. The molecule has 1 aliphatic rings. The lowest BCUT2D eigenvalue weighted by molar-refractivity contribution is -0.0383. The van der Waals surface area contributed by atoms with Crippen molar-refractivity contribution in [1.29, 1.82) is 0 Å². The molecule has 0 bridgehead atoms. The number of aliphatic hydroxyl groups excluding tert-OH is 1. The van der Waals surface area contributed by atoms with Gasteiger partial charge in [0.05, 0.1) is 17.9 Å². The second kappa shape index (κ2) is 13.9. The van der Waals surface area contributed by atoms with Crippen LogP contribution >= 0.6 is 0 Å². The Morgan fingerprint density at radius 2 is 1.85 bits per heavy atom. The molecule has 4 aromatic rings. The number of amides is 1. The predicted octanol–water partition coefficient (Wildman–Crippen LogP) is 5.43. The van der Waals surface area contributed by atoms with Crippen molar-refractivity contribution in [1.82, 2.24) is 29.9 Å². The fraction of sp³-hybridized carbons (Fsp3) is 0.400. The summed E-state index contributed by atoms with van der Waals surface area (Å²) in [6, 6.07) is 15.5. The largest absolute Gasteiger partial charge is 0.444 e. The molecule has 41 heavy (non-hydrogen) atoms. The lowest BCUT2D eigenvalue weighted by Crippen LogP contribution is -2.34. The highest BCUT2D eigenvalue weighted by atomic mass is 16.6. The Morgan fingerprint density at radius 1 is 1.07 bits per heavy atom. The molecular formula is C30H38N6O5. The molecule has 1 amide bonds. The zero-order valence-corrected chi connectivity index (χ0v) is 24.0. The molecule has 1 unspecified atom stereocenters. The summed E-state index contributed by atoms with van der Waals surface area (Å²) in [4.78, 5) is 16.3. The van der Waals surface area contributed by atoms with Gasteiger partial charge in [-0.1, -0.05) is 0 Å². The number of carbonyl (C=O) groups excluding carboxylic acids is 1. The molecule has 0 spiro atoms. The standard InChI is InChI=1S/C29H34N6O4.CH4O/c1-29(2,3)39-28(36)30-16-18-34-17-14-24(33-34)21-7-10-23(11-8-21)38-26-12-9-22(20-31-26)25-13-15-32-35(25)27-6-4-5-19-37-27;1-2/h7-15,17,20,27H,4-6,16,18-19H2,1-3H3,(H,30,36);2H,1H3. The average molecular weight is 563 g/mol. The molecule has 1 aromatic carbocycles. The van der Waals surface area contributed by atoms with E-state index in [0.717, 1.165) is 55.5 Å². The van der Waals surface area contributed by atoms with E-state index in [9.17, 15) is 4.79 Å². The molecular weight excluding hydrogens is 524 g/mol. The van der Waals surface area contributed by atoms with Crippen LogP contribution in [0, 0.1) is 0 Å². The molecule has 5 rings (SSSR count). The maximum atomic E-state index is 11.8. The normalized spacial score (nSPS) is 15.0. The number of benzene rings is 1. The maximum Gasteiger partial charge on any atom is 0.407 e. The number of pyridine rings is 1. The molecule has 1 fully saturated rings. The van der Waals surface area contributed by atoms with E-state index in [1.807, 2.05) is 80.2 Å². The van der Waals surface area contributed by atoms with Gasteiger partial charge < -0.3 is 24.6 Å². The van der Waals surface area contributed by atoms with E-state index in [1.165, 1.54) is 0 Å². The number of ether oxygens (including phenoxy) is 3. The predicted molar refractivity (Wildman–Crippen MR) is 154 cm³/mol. The molecule has 0 radical (unpaired) electrons. The van der Waals surface area contributed by atoms with Gasteiger partial charge >= 0.3 is 6.09 Å². The summed E-state index contributed by atoms with van der Waals surface area (Å²) in [5.74, 6) is 1.19. The van der Waals surface area contributed by atoms with E-state index < -0.39 is 11.7 Å². The van der Waals surface area contributed by atoms with Gasteiger partial charge in [-0.2, -0.15) is 10.2 Å². The minimum atomic E-state index is -0.521. The number of nitrogens with zero attached hydrogens (tertiary/aromatic N) is 5. The van der Waals surface area contributed by atoms with Crippen LogP contribution in [0.3, 0.4) is 0 Å². The van der Waals surface area contributed by atoms with Crippen LogP contribution in [0.25, 0.3) is 22.5 Å². The molecule has 0 aliphatic carbocycles. The van der Waals surface area contributed by atoms with Crippen molar-refractivity contribution in [3.8, 4) is 34.1 Å². The first-order valence-corrected chi connectivity index (χ1v) is 13.7. The fourth-order valence-electron chi connectivity index (χ4n) is 4.32. The van der Waals surface area contributed by atoms with Crippen LogP contribution < -0.4 is 10.1 Å². The summed E-state index contributed by atoms with van der Waals surface area (Å²) >= 11 is 0. The van der Waals surface area contributed by atoms with Gasteiger partial charge in [-0.25, -0.2) is 14.5 Å². The minimum absolute atomic E-state index is 0.0292. The minimum Gasteiger partial charge on any atom is -0.444 e. The van der Waals surface area contributed by atoms with E-state index in [1.54, 1.807) is 17.1 Å². The van der Waals surface area contributed by atoms with E-state index in [0.29, 0.717) is 24.7 Å². The monoisotopic (exact) mass is 562 g/mol. The van der Waals surface area contributed by atoms with Crippen molar-refractivity contribution >= 4 is 6.09 Å². The molecule has 3 aromatic heterocycles. The Labute approximate surface area is 240 Å². The summed E-state index contributed by atoms with van der Waals surface area (Å²) in [6.07, 6.45) is 8.21. The van der Waals surface area contributed by atoms with Gasteiger partial charge in [0.15, 0.2) is 6.23 Å². The van der Waals surface area contributed by atoms with Gasteiger partial charge in [0.2, 0.25) is 5.88 Å². The highest BCUT2D eigenvalue weighted by Gasteiger charge is 2.20. The molecule has 11 nitrogen and oxygen atoms in total. The Balaban J connectivity index is 0.00000189. The Hall–Kier alpha value is -4.22. The van der Waals surface area contributed by atoms with Crippen molar-refractivity contribution in [2.45, 2.75) is 58.4 Å². The SMILES string of the molecule is CC(C)(C)OC(=O)NCCn1ccc(-c2ccc(Oc3ccc(-c4ccnn4C4CCCCO4)cn3)cc2)n1.CO. The molecule has 4 heterocycles. The van der Waals surface area contributed by atoms with Crippen molar-refractivity contribution < 1.29 is 24.1 Å². The molecule has 0 saturated carbocycles. The highest BCUT2D eigenvalue weighted by molar-refractivity contribution is 5.67. The molecule has 2 N–H and O–H groups in total. The fourth-order valence-corrected chi connectivity index (χ4v) is 4.32. The summed E-state index contributed by atoms with van der Waals surface area (Å²) in [5, 5.41) is 18.8. The van der Waals surface area contributed by atoms with Crippen molar-refractivity contribution in [2.24, 2.45) is 0 Å². The Kier molecular flexibility index (Phi) is 10.1. The highest BCUT2D eigenvalue weighted by Crippen LogP contribution is 2.29. The van der Waals surface area contributed by atoms with E-state index >= 15 is 0 Å². The van der Waals surface area contributed by atoms with E-state index in [-0.39, 0.29) is 6.23 Å². The van der Waals surface area contributed by atoms with Crippen LogP contribution in [-0.2, 0) is 16.0 Å². The summed E-state index contributed by atoms with van der Waals surface area (Å²) in [7, 11) is 1.00. The van der Waals surface area contributed by atoms with Crippen LogP contribution in [0.2, 0.25) is 0 Å². The van der Waals surface area contributed by atoms with Crippen LogP contribution in [0.15, 0.2) is 67.1 Å². The van der Waals surface area contributed by atoms with Gasteiger partial charge in [0.25, 0.3) is 0 Å². The molecule has 11 heteroatoms. The van der Waals surface area contributed by atoms with Crippen LogP contribution in [0.4, 0.5) is 4.79 Å². The molecule has 1 saturated heterocycles. The van der Waals surface area contributed by atoms with Gasteiger partial charge in [-0.3, -0.25) is 4.68 Å². The number of aliphatic hydroxyl groups is 1. The molecule has 1 aliphatic heterocycles. The smallest absolute Gasteiger partial charge is 0.407 e. The number of carbonyl (C=O) groups is 1. The lowest BCUT2D eigenvalue weighted by atomic mass is 10.1. The van der Waals surface area contributed by atoms with Crippen LogP contribution in [0.1, 0.15) is 46.3 Å². The second-order valence-electron chi connectivity index (χ2n) is 10.4. The van der Waals surface area contributed by atoms with Gasteiger partial charge in [0.1, 0.15) is 11.4 Å². The number of hydrogen-bond donors (Lipinski definition) is 2. The van der Waals surface area contributed by atoms with Crippen molar-refractivity contribution in [2.75, 3.05) is 20.3 Å². The number of alkyl carbamates (subject to hydrolysis) is 1. The molecule has 218 valence electrons. The van der Waals surface area contributed by atoms with Crippen molar-refractivity contribution in [3.63, 3.8) is 0 Å². The topological polar surface area (TPSA) is 126 Å². The lowest BCUT2D eigenvalue weighted by Gasteiger charge is -2.24. The maximum absolute atomic E-state index is 11.8. The third-order valence-corrected chi connectivity index (χ3v) is 6.15. The first kappa shape index (κ1) is 29.8. The van der Waals surface area contributed by atoms with E-state index in [2.05, 4.69) is 20.5 Å². The first-order chi connectivity index (χ1) is 19.8. The van der Waals surface area contributed by atoms with Crippen LogP contribution in [0.5, 0.6) is 11.6 Å². The van der Waals surface area contributed by atoms with Crippen LogP contribution in [-0.4, -0.2) is 61.6 Å². The Morgan fingerprint density at radius 3 is 2.54 bits per heavy atom. The summed E-state index contributed by atoms with van der Waals surface area (Å²) < 4.78 is 20.8. The van der Waals surface area contributed by atoms with Gasteiger partial charge in [-0.05, 0) is 82.5 Å². The Bertz CT molecular complexity index is 1370. The zero-order valence-electron chi connectivity index (χ0n) is 24.0. The first-order valence-electron chi connectivity index (χ1n) is 13.7. The third kappa shape index (κ3) is 8.38. The number of rotatable bonds is 8. The number of hydrogen-bond acceptors (Lipinski definition) is 8. The zero-order chi connectivity index (χ0) is 29.2. The van der Waals surface area contributed by atoms with Gasteiger partial charge in [0, 0.05) is 56.0 Å². The number of aromatic nitrogens is 5.